The SMILES string of the molecule is c1ccc(-c2ccc(N(c3ccc4cc5c(cc4c3)-c3c-5c(-c4ccccc4)c4ccccc4c3-c3ccccc3)c3cccc4ccccc34)cc2)cc1. The zero-order valence-corrected chi connectivity index (χ0v) is 30.2. The summed E-state index contributed by atoms with van der Waals surface area (Å²) in [7, 11) is 0. The van der Waals surface area contributed by atoms with Crippen LogP contribution in [0.1, 0.15) is 0 Å². The summed E-state index contributed by atoms with van der Waals surface area (Å²) in [6.45, 7) is 0. The first-order valence-corrected chi connectivity index (χ1v) is 19.0. The van der Waals surface area contributed by atoms with Gasteiger partial charge in [-0.05, 0) is 125 Å². The van der Waals surface area contributed by atoms with Crippen LogP contribution in [-0.4, -0.2) is 0 Å². The van der Waals surface area contributed by atoms with Gasteiger partial charge >= 0.3 is 0 Å². The van der Waals surface area contributed by atoms with Gasteiger partial charge in [-0.3, -0.25) is 0 Å². The number of anilines is 3. The average molecular weight is 698 g/mol. The second kappa shape index (κ2) is 12.7. The highest BCUT2D eigenvalue weighted by Crippen LogP contribution is 2.60. The van der Waals surface area contributed by atoms with E-state index in [4.69, 9.17) is 0 Å². The van der Waals surface area contributed by atoms with Crippen molar-refractivity contribution in [3.05, 3.63) is 212 Å². The second-order valence-corrected chi connectivity index (χ2v) is 14.5. The number of rotatable bonds is 6. The molecule has 0 aliphatic heterocycles. The van der Waals surface area contributed by atoms with E-state index in [2.05, 4.69) is 217 Å². The summed E-state index contributed by atoms with van der Waals surface area (Å²) in [6.07, 6.45) is 0. The average Bonchev–Trinajstić information content (AvgIpc) is 3.26. The highest BCUT2D eigenvalue weighted by atomic mass is 15.1. The van der Waals surface area contributed by atoms with E-state index < -0.39 is 0 Å². The quantitative estimate of drug-likeness (QED) is 0.167. The third kappa shape index (κ3) is 5.09. The first-order chi connectivity index (χ1) is 27.3. The number of hydrogen-bond donors (Lipinski definition) is 0. The third-order valence-electron chi connectivity index (χ3n) is 11.3. The fourth-order valence-electron chi connectivity index (χ4n) is 8.83. The minimum absolute atomic E-state index is 1.12. The van der Waals surface area contributed by atoms with E-state index in [-0.39, 0.29) is 0 Å². The maximum atomic E-state index is 2.44. The van der Waals surface area contributed by atoms with Crippen LogP contribution in [0.3, 0.4) is 0 Å². The van der Waals surface area contributed by atoms with Crippen LogP contribution in [0.2, 0.25) is 0 Å². The molecule has 1 heteroatoms. The summed E-state index contributed by atoms with van der Waals surface area (Å²) < 4.78 is 0. The summed E-state index contributed by atoms with van der Waals surface area (Å²) in [5.74, 6) is 0. The van der Waals surface area contributed by atoms with Crippen molar-refractivity contribution in [1.29, 1.82) is 0 Å². The molecule has 0 amide bonds. The first-order valence-electron chi connectivity index (χ1n) is 19.0. The lowest BCUT2D eigenvalue weighted by atomic mass is 9.70. The molecule has 1 aliphatic carbocycles. The van der Waals surface area contributed by atoms with Gasteiger partial charge < -0.3 is 4.90 Å². The van der Waals surface area contributed by atoms with Crippen molar-refractivity contribution < 1.29 is 0 Å². The number of benzene rings is 10. The molecule has 55 heavy (non-hydrogen) atoms. The normalized spacial score (nSPS) is 11.6. The zero-order valence-electron chi connectivity index (χ0n) is 30.2. The fraction of sp³-hybridized carbons (Fsp3) is 0. The predicted octanol–water partition coefficient (Wildman–Crippen LogP) is 15.3. The molecule has 0 saturated heterocycles. The van der Waals surface area contributed by atoms with Crippen molar-refractivity contribution >= 4 is 49.4 Å². The molecule has 0 atom stereocenters. The highest BCUT2D eigenvalue weighted by Gasteiger charge is 2.32. The number of hydrogen-bond acceptors (Lipinski definition) is 1. The largest absolute Gasteiger partial charge is 0.310 e. The van der Waals surface area contributed by atoms with Crippen LogP contribution in [0.4, 0.5) is 17.1 Å². The highest BCUT2D eigenvalue weighted by molar-refractivity contribution is 6.26. The lowest BCUT2D eigenvalue weighted by Gasteiger charge is -2.33. The van der Waals surface area contributed by atoms with Gasteiger partial charge in [-0.2, -0.15) is 0 Å². The number of fused-ring (bicyclic) bond motifs is 7. The molecule has 10 aromatic carbocycles. The minimum atomic E-state index is 1.12. The smallest absolute Gasteiger partial charge is 0.0540 e. The Labute approximate surface area is 321 Å². The van der Waals surface area contributed by atoms with Crippen LogP contribution in [0.15, 0.2) is 212 Å². The summed E-state index contributed by atoms with van der Waals surface area (Å²) in [4.78, 5) is 2.42. The van der Waals surface area contributed by atoms with Gasteiger partial charge in [0.2, 0.25) is 0 Å². The lowest BCUT2D eigenvalue weighted by Crippen LogP contribution is -2.10. The summed E-state index contributed by atoms with van der Waals surface area (Å²) in [5, 5.41) is 7.47. The van der Waals surface area contributed by atoms with Crippen molar-refractivity contribution in [2.75, 3.05) is 4.90 Å². The number of nitrogens with zero attached hydrogens (tertiary/aromatic N) is 1. The molecule has 11 rings (SSSR count). The van der Waals surface area contributed by atoms with Crippen LogP contribution in [-0.2, 0) is 0 Å². The maximum absolute atomic E-state index is 2.44. The van der Waals surface area contributed by atoms with E-state index in [1.165, 1.54) is 88.0 Å². The molecule has 0 unspecified atom stereocenters. The summed E-state index contributed by atoms with van der Waals surface area (Å²) in [5.41, 5.74) is 16.3. The molecule has 0 aromatic heterocycles. The molecular weight excluding hydrogens is 663 g/mol. The standard InChI is InChI=1S/C54H35N/c1-4-15-36(16-5-1)37-27-30-43(31-28-37)55(50-26-14-22-38-17-10-11-23-45(38)50)44-32-29-41-34-48-49(35-42(41)33-44)54-52(40-20-8-3-9-21-40)47-25-13-12-24-46(47)51(53(48)54)39-18-6-2-7-19-39/h1-35H. The van der Waals surface area contributed by atoms with Crippen LogP contribution < -0.4 is 4.90 Å². The van der Waals surface area contributed by atoms with Gasteiger partial charge in [0, 0.05) is 16.8 Å². The van der Waals surface area contributed by atoms with Crippen molar-refractivity contribution in [1.82, 2.24) is 0 Å². The van der Waals surface area contributed by atoms with Crippen molar-refractivity contribution in [2.45, 2.75) is 0 Å². The Morgan fingerprint density at radius 1 is 0.255 bits per heavy atom. The topological polar surface area (TPSA) is 3.24 Å². The summed E-state index contributed by atoms with van der Waals surface area (Å²) in [6, 6.07) is 77.5. The monoisotopic (exact) mass is 697 g/mol. The Balaban J connectivity index is 1.12. The summed E-state index contributed by atoms with van der Waals surface area (Å²) >= 11 is 0. The Kier molecular flexibility index (Phi) is 7.25. The molecular formula is C54H35N. The van der Waals surface area contributed by atoms with Crippen molar-refractivity contribution in [3.63, 3.8) is 0 Å². The van der Waals surface area contributed by atoms with Gasteiger partial charge in [0.15, 0.2) is 0 Å². The van der Waals surface area contributed by atoms with Crippen LogP contribution in [0, 0.1) is 0 Å². The van der Waals surface area contributed by atoms with Gasteiger partial charge in [-0.25, -0.2) is 0 Å². The molecule has 0 N–H and O–H groups in total. The van der Waals surface area contributed by atoms with Gasteiger partial charge in [0.05, 0.1) is 5.69 Å². The molecule has 0 radical (unpaired) electrons. The molecule has 0 heterocycles. The molecule has 0 saturated carbocycles. The third-order valence-corrected chi connectivity index (χ3v) is 11.3. The minimum Gasteiger partial charge on any atom is -0.310 e. The van der Waals surface area contributed by atoms with E-state index in [1.54, 1.807) is 0 Å². The van der Waals surface area contributed by atoms with Crippen molar-refractivity contribution in [2.24, 2.45) is 0 Å². The molecule has 0 fully saturated rings. The first kappa shape index (κ1) is 31.3. The van der Waals surface area contributed by atoms with E-state index in [0.717, 1.165) is 17.1 Å². The molecule has 256 valence electrons. The van der Waals surface area contributed by atoms with Gasteiger partial charge in [-0.1, -0.05) is 170 Å². The maximum Gasteiger partial charge on any atom is 0.0540 e. The Morgan fingerprint density at radius 3 is 1.35 bits per heavy atom. The zero-order chi connectivity index (χ0) is 36.3. The molecule has 10 aromatic rings. The van der Waals surface area contributed by atoms with Crippen LogP contribution >= 0.6 is 0 Å². The van der Waals surface area contributed by atoms with Gasteiger partial charge in [0.25, 0.3) is 0 Å². The van der Waals surface area contributed by atoms with Crippen molar-refractivity contribution in [3.8, 4) is 55.6 Å². The van der Waals surface area contributed by atoms with Gasteiger partial charge in [0.1, 0.15) is 0 Å². The molecule has 0 spiro atoms. The molecule has 0 bridgehead atoms. The van der Waals surface area contributed by atoms with E-state index in [9.17, 15) is 0 Å². The molecule has 1 nitrogen and oxygen atoms in total. The predicted molar refractivity (Wildman–Crippen MR) is 234 cm³/mol. The van der Waals surface area contributed by atoms with E-state index >= 15 is 0 Å². The second-order valence-electron chi connectivity index (χ2n) is 14.5. The fourth-order valence-corrected chi connectivity index (χ4v) is 8.83. The lowest BCUT2D eigenvalue weighted by molar-refractivity contribution is 1.30. The Morgan fingerprint density at radius 2 is 0.727 bits per heavy atom. The Hall–Kier alpha value is -7.22. The van der Waals surface area contributed by atoms with Crippen LogP contribution in [0.5, 0.6) is 0 Å². The molecule has 1 aliphatic rings. The van der Waals surface area contributed by atoms with Crippen LogP contribution in [0.25, 0.3) is 88.0 Å². The Bertz CT molecular complexity index is 3050. The van der Waals surface area contributed by atoms with Gasteiger partial charge in [-0.15, -0.1) is 0 Å². The van der Waals surface area contributed by atoms with E-state index in [1.807, 2.05) is 0 Å². The van der Waals surface area contributed by atoms with E-state index in [0.29, 0.717) is 0 Å².